The molecule has 1 aliphatic heterocycles. The minimum absolute atomic E-state index is 0.688. The van der Waals surface area contributed by atoms with Crippen molar-refractivity contribution in [2.45, 2.75) is 25.8 Å². The molecule has 0 radical (unpaired) electrons. The summed E-state index contributed by atoms with van der Waals surface area (Å²) in [7, 11) is 0. The molecule has 3 aliphatic rings. The van der Waals surface area contributed by atoms with Crippen LogP contribution in [0.4, 0.5) is 0 Å². The van der Waals surface area contributed by atoms with Crippen LogP contribution in [0, 0.1) is 17.8 Å². The van der Waals surface area contributed by atoms with Crippen LogP contribution in [0.1, 0.15) is 19.8 Å². The van der Waals surface area contributed by atoms with Gasteiger partial charge in [-0.1, -0.05) is 12.2 Å². The van der Waals surface area contributed by atoms with Crippen LogP contribution < -0.4 is 5.32 Å². The second-order valence-electron chi connectivity index (χ2n) is 5.66. The van der Waals surface area contributed by atoms with Crippen LogP contribution in [0.2, 0.25) is 0 Å². The van der Waals surface area contributed by atoms with Gasteiger partial charge in [-0.05, 0) is 37.5 Å². The van der Waals surface area contributed by atoms with E-state index in [2.05, 4.69) is 29.3 Å². The molecule has 2 bridgehead atoms. The van der Waals surface area contributed by atoms with E-state index in [0.29, 0.717) is 6.04 Å². The number of allylic oxidation sites excluding steroid dienone is 2. The zero-order valence-corrected chi connectivity index (χ0v) is 9.65. The molecule has 1 saturated carbocycles. The zero-order valence-electron chi connectivity index (χ0n) is 9.65. The summed E-state index contributed by atoms with van der Waals surface area (Å²) in [6, 6.07) is 0.688. The van der Waals surface area contributed by atoms with Crippen molar-refractivity contribution >= 4 is 0 Å². The van der Waals surface area contributed by atoms with Gasteiger partial charge in [-0.2, -0.15) is 0 Å². The third-order valence-electron chi connectivity index (χ3n) is 4.36. The van der Waals surface area contributed by atoms with E-state index >= 15 is 0 Å². The molecule has 1 heterocycles. The molecule has 0 aromatic carbocycles. The maximum atomic E-state index is 3.52. The van der Waals surface area contributed by atoms with Gasteiger partial charge in [0.2, 0.25) is 0 Å². The van der Waals surface area contributed by atoms with E-state index in [4.69, 9.17) is 0 Å². The third-order valence-corrected chi connectivity index (χ3v) is 4.36. The molecule has 0 amide bonds. The van der Waals surface area contributed by atoms with Gasteiger partial charge >= 0.3 is 0 Å². The molecule has 84 valence electrons. The van der Waals surface area contributed by atoms with Crippen molar-refractivity contribution in [3.63, 3.8) is 0 Å². The maximum Gasteiger partial charge on any atom is 0.0167 e. The van der Waals surface area contributed by atoms with Crippen LogP contribution >= 0.6 is 0 Å². The number of piperazine rings is 1. The van der Waals surface area contributed by atoms with E-state index in [1.165, 1.54) is 39.0 Å². The molecule has 2 fully saturated rings. The SMILES string of the molecule is C[C@@H]1CN(CC2CC3C=CC2C3)CCN1. The maximum absolute atomic E-state index is 3.52. The smallest absolute Gasteiger partial charge is 0.0167 e. The lowest BCUT2D eigenvalue weighted by atomic mass is 9.93. The largest absolute Gasteiger partial charge is 0.312 e. The predicted molar refractivity (Wildman–Crippen MR) is 62.7 cm³/mol. The Morgan fingerprint density at radius 3 is 2.93 bits per heavy atom. The molecule has 2 heteroatoms. The molecular weight excluding hydrogens is 184 g/mol. The molecule has 0 aromatic heterocycles. The van der Waals surface area contributed by atoms with Crippen molar-refractivity contribution in [3.8, 4) is 0 Å². The van der Waals surface area contributed by atoms with Gasteiger partial charge in [0, 0.05) is 32.2 Å². The fraction of sp³-hybridized carbons (Fsp3) is 0.846. The highest BCUT2D eigenvalue weighted by Gasteiger charge is 2.36. The molecule has 2 aliphatic carbocycles. The van der Waals surface area contributed by atoms with Crippen LogP contribution in [0.15, 0.2) is 12.2 Å². The minimum atomic E-state index is 0.688. The van der Waals surface area contributed by atoms with Gasteiger partial charge in [-0.25, -0.2) is 0 Å². The van der Waals surface area contributed by atoms with Gasteiger partial charge in [0.25, 0.3) is 0 Å². The lowest BCUT2D eigenvalue weighted by molar-refractivity contribution is 0.168. The number of hydrogen-bond acceptors (Lipinski definition) is 2. The first kappa shape index (κ1) is 9.86. The molecule has 1 N–H and O–H groups in total. The van der Waals surface area contributed by atoms with Gasteiger partial charge in [0.15, 0.2) is 0 Å². The molecule has 4 atom stereocenters. The first-order valence-corrected chi connectivity index (χ1v) is 6.45. The average Bonchev–Trinajstić information content (AvgIpc) is 2.79. The fourth-order valence-electron chi connectivity index (χ4n) is 3.61. The van der Waals surface area contributed by atoms with Gasteiger partial charge in [0.05, 0.1) is 0 Å². The normalized spacial score (nSPS) is 45.1. The fourth-order valence-corrected chi connectivity index (χ4v) is 3.61. The Balaban J connectivity index is 1.55. The topological polar surface area (TPSA) is 15.3 Å². The standard InChI is InChI=1S/C13H22N2/c1-10-8-15(5-4-14-10)9-13-7-11-2-3-12(13)6-11/h2-3,10-14H,4-9H2,1H3/t10-,11?,12?,13?/m1/s1. The zero-order chi connectivity index (χ0) is 10.3. The Morgan fingerprint density at radius 1 is 1.33 bits per heavy atom. The Bertz CT molecular complexity index is 261. The number of nitrogens with zero attached hydrogens (tertiary/aromatic N) is 1. The van der Waals surface area contributed by atoms with E-state index < -0.39 is 0 Å². The van der Waals surface area contributed by atoms with Gasteiger partial charge in [-0.15, -0.1) is 0 Å². The highest BCUT2D eigenvalue weighted by Crippen LogP contribution is 2.43. The molecule has 0 spiro atoms. The lowest BCUT2D eigenvalue weighted by Gasteiger charge is -2.34. The summed E-state index contributed by atoms with van der Waals surface area (Å²) < 4.78 is 0. The Kier molecular flexibility index (Phi) is 2.57. The van der Waals surface area contributed by atoms with E-state index in [0.717, 1.165) is 17.8 Å². The highest BCUT2D eigenvalue weighted by atomic mass is 15.2. The predicted octanol–water partition coefficient (Wildman–Crippen LogP) is 1.49. The number of hydrogen-bond donors (Lipinski definition) is 1. The van der Waals surface area contributed by atoms with E-state index in [1.54, 1.807) is 0 Å². The Labute approximate surface area is 92.7 Å². The third kappa shape index (κ3) is 1.98. The Hall–Kier alpha value is -0.340. The second kappa shape index (κ2) is 3.91. The second-order valence-corrected chi connectivity index (χ2v) is 5.66. The molecule has 0 aromatic rings. The van der Waals surface area contributed by atoms with Crippen molar-refractivity contribution in [2.75, 3.05) is 26.2 Å². The first-order chi connectivity index (χ1) is 7.31. The van der Waals surface area contributed by atoms with Crippen LogP contribution in [-0.4, -0.2) is 37.1 Å². The van der Waals surface area contributed by atoms with Crippen molar-refractivity contribution in [1.29, 1.82) is 0 Å². The van der Waals surface area contributed by atoms with Crippen molar-refractivity contribution in [2.24, 2.45) is 17.8 Å². The van der Waals surface area contributed by atoms with Crippen LogP contribution in [0.25, 0.3) is 0 Å². The summed E-state index contributed by atoms with van der Waals surface area (Å²) in [5.41, 5.74) is 0. The summed E-state index contributed by atoms with van der Waals surface area (Å²) in [6.45, 7) is 7.32. The first-order valence-electron chi connectivity index (χ1n) is 6.45. The summed E-state index contributed by atoms with van der Waals surface area (Å²) >= 11 is 0. The summed E-state index contributed by atoms with van der Waals surface area (Å²) in [5, 5.41) is 3.52. The van der Waals surface area contributed by atoms with Crippen LogP contribution in [0.3, 0.4) is 0 Å². The van der Waals surface area contributed by atoms with Gasteiger partial charge in [0.1, 0.15) is 0 Å². The van der Waals surface area contributed by atoms with Gasteiger partial charge in [-0.3, -0.25) is 0 Å². The minimum Gasteiger partial charge on any atom is -0.312 e. The van der Waals surface area contributed by atoms with Crippen molar-refractivity contribution < 1.29 is 0 Å². The molecular formula is C13H22N2. The number of rotatable bonds is 2. The van der Waals surface area contributed by atoms with Crippen molar-refractivity contribution in [1.82, 2.24) is 10.2 Å². The van der Waals surface area contributed by atoms with Crippen molar-refractivity contribution in [3.05, 3.63) is 12.2 Å². The number of nitrogens with one attached hydrogen (secondary N) is 1. The van der Waals surface area contributed by atoms with Crippen LogP contribution in [-0.2, 0) is 0 Å². The van der Waals surface area contributed by atoms with Gasteiger partial charge < -0.3 is 10.2 Å². The Morgan fingerprint density at radius 2 is 2.27 bits per heavy atom. The summed E-state index contributed by atoms with van der Waals surface area (Å²) in [5.74, 6) is 2.81. The molecule has 2 nitrogen and oxygen atoms in total. The van der Waals surface area contributed by atoms with Crippen LogP contribution in [0.5, 0.6) is 0 Å². The average molecular weight is 206 g/mol. The quantitative estimate of drug-likeness (QED) is 0.689. The monoisotopic (exact) mass is 206 g/mol. The lowest BCUT2D eigenvalue weighted by Crippen LogP contribution is -2.50. The summed E-state index contributed by atoms with van der Waals surface area (Å²) in [6.07, 6.45) is 7.83. The molecule has 3 unspecified atom stereocenters. The molecule has 3 rings (SSSR count). The van der Waals surface area contributed by atoms with E-state index in [9.17, 15) is 0 Å². The molecule has 1 saturated heterocycles. The van der Waals surface area contributed by atoms with E-state index in [1.807, 2.05) is 0 Å². The highest BCUT2D eigenvalue weighted by molar-refractivity contribution is 5.10. The van der Waals surface area contributed by atoms with E-state index in [-0.39, 0.29) is 0 Å². The summed E-state index contributed by atoms with van der Waals surface area (Å²) in [4.78, 5) is 2.67. The number of fused-ring (bicyclic) bond motifs is 2. The molecule has 15 heavy (non-hydrogen) atoms.